The molecule has 0 radical (unpaired) electrons. The predicted octanol–water partition coefficient (Wildman–Crippen LogP) is 5.27. The molecule has 0 bridgehead atoms. The number of hydrogen-bond donors (Lipinski definition) is 1. The molecule has 2 amide bonds. The van der Waals surface area contributed by atoms with Gasteiger partial charge in [0, 0.05) is 17.6 Å². The topological polar surface area (TPSA) is 105 Å². The Bertz CT molecular complexity index is 1450. The minimum absolute atomic E-state index is 0.0284. The minimum atomic E-state index is -4.23. The van der Waals surface area contributed by atoms with Crippen LogP contribution in [0, 0.1) is 0 Å². The Morgan fingerprint density at radius 1 is 0.905 bits per heavy atom. The zero-order valence-electron chi connectivity index (χ0n) is 24.5. The zero-order valence-corrected chi connectivity index (χ0v) is 26.1. The molecule has 0 aliphatic carbocycles. The Morgan fingerprint density at radius 3 is 2.02 bits per heavy atom. The third-order valence-electron chi connectivity index (χ3n) is 6.92. The number of anilines is 1. The summed E-state index contributed by atoms with van der Waals surface area (Å²) in [6, 6.07) is 18.4. The molecule has 0 aliphatic rings. The van der Waals surface area contributed by atoms with Gasteiger partial charge in [0.1, 0.15) is 24.1 Å². The second kappa shape index (κ2) is 14.9. The SMILES string of the molecule is CC[C@H](C)NC(=O)[C@H](CC)N(Cc1ccc(OC)cc1)C(=O)CN(c1cccc(Cl)c1)S(=O)(=O)c1ccc(OC)cc1. The van der Waals surface area contributed by atoms with Gasteiger partial charge in [-0.3, -0.25) is 13.9 Å². The van der Waals surface area contributed by atoms with Gasteiger partial charge in [-0.1, -0.05) is 43.6 Å². The third-order valence-corrected chi connectivity index (χ3v) is 8.94. The molecule has 42 heavy (non-hydrogen) atoms. The first-order valence-electron chi connectivity index (χ1n) is 13.7. The van der Waals surface area contributed by atoms with Crippen LogP contribution in [0.15, 0.2) is 77.7 Å². The number of benzene rings is 3. The molecule has 226 valence electrons. The lowest BCUT2D eigenvalue weighted by molar-refractivity contribution is -0.140. The van der Waals surface area contributed by atoms with E-state index in [0.717, 1.165) is 16.3 Å². The van der Waals surface area contributed by atoms with E-state index in [2.05, 4.69) is 5.32 Å². The van der Waals surface area contributed by atoms with Crippen LogP contribution in [0.2, 0.25) is 5.02 Å². The Kier molecular flexibility index (Phi) is 11.6. The number of nitrogens with one attached hydrogen (secondary N) is 1. The van der Waals surface area contributed by atoms with Crippen molar-refractivity contribution in [2.24, 2.45) is 0 Å². The van der Waals surface area contributed by atoms with Crippen LogP contribution < -0.4 is 19.1 Å². The molecule has 0 saturated heterocycles. The number of nitrogens with zero attached hydrogens (tertiary/aromatic N) is 2. The van der Waals surface area contributed by atoms with Crippen molar-refractivity contribution in [2.75, 3.05) is 25.1 Å². The molecule has 3 aromatic carbocycles. The highest BCUT2D eigenvalue weighted by Gasteiger charge is 2.34. The van der Waals surface area contributed by atoms with Crippen molar-refractivity contribution in [3.63, 3.8) is 0 Å². The second-order valence-electron chi connectivity index (χ2n) is 9.78. The van der Waals surface area contributed by atoms with E-state index in [9.17, 15) is 18.0 Å². The maximum Gasteiger partial charge on any atom is 0.264 e. The minimum Gasteiger partial charge on any atom is -0.497 e. The number of carbonyl (C=O) groups excluding carboxylic acids is 2. The van der Waals surface area contributed by atoms with Gasteiger partial charge < -0.3 is 19.7 Å². The third kappa shape index (κ3) is 8.17. The van der Waals surface area contributed by atoms with Crippen LogP contribution >= 0.6 is 11.6 Å². The number of rotatable bonds is 14. The quantitative estimate of drug-likeness (QED) is 0.265. The Labute approximate surface area is 253 Å². The highest BCUT2D eigenvalue weighted by atomic mass is 35.5. The fraction of sp³-hybridized carbons (Fsp3) is 0.355. The number of carbonyl (C=O) groups is 2. The van der Waals surface area contributed by atoms with Crippen LogP contribution in [0.1, 0.15) is 39.2 Å². The van der Waals surface area contributed by atoms with E-state index in [1.54, 1.807) is 49.6 Å². The molecule has 3 aromatic rings. The summed E-state index contributed by atoms with van der Waals surface area (Å²) in [4.78, 5) is 28.9. The number of hydrogen-bond acceptors (Lipinski definition) is 6. The van der Waals surface area contributed by atoms with E-state index in [0.29, 0.717) is 22.9 Å². The molecule has 3 rings (SSSR count). The summed E-state index contributed by atoms with van der Waals surface area (Å²) in [6.07, 6.45) is 1.05. The molecule has 0 heterocycles. The lowest BCUT2D eigenvalue weighted by atomic mass is 10.1. The summed E-state index contributed by atoms with van der Waals surface area (Å²) in [5, 5.41) is 3.27. The fourth-order valence-electron chi connectivity index (χ4n) is 4.32. The maximum absolute atomic E-state index is 14.1. The summed E-state index contributed by atoms with van der Waals surface area (Å²) in [5.74, 6) is 0.286. The van der Waals surface area contributed by atoms with Gasteiger partial charge in [-0.15, -0.1) is 0 Å². The van der Waals surface area contributed by atoms with Crippen LogP contribution in [0.4, 0.5) is 5.69 Å². The van der Waals surface area contributed by atoms with Gasteiger partial charge in [0.2, 0.25) is 11.8 Å². The van der Waals surface area contributed by atoms with Crippen molar-refractivity contribution in [1.29, 1.82) is 0 Å². The van der Waals surface area contributed by atoms with E-state index in [1.165, 1.54) is 42.3 Å². The van der Waals surface area contributed by atoms with Crippen molar-refractivity contribution in [3.05, 3.63) is 83.4 Å². The van der Waals surface area contributed by atoms with E-state index >= 15 is 0 Å². The predicted molar refractivity (Wildman–Crippen MR) is 164 cm³/mol. The van der Waals surface area contributed by atoms with Crippen LogP contribution in [0.3, 0.4) is 0 Å². The standard InChI is InChI=1S/C31H38ClN3O6S/c1-6-22(3)33-31(37)29(7-2)34(20-23-11-13-26(40-4)14-12-23)30(36)21-35(25-10-8-9-24(32)19-25)42(38,39)28-17-15-27(41-5)16-18-28/h8-19,22,29H,6-7,20-21H2,1-5H3,(H,33,37)/t22-,29-/m0/s1. The summed E-state index contributed by atoms with van der Waals surface area (Å²) in [6.45, 7) is 5.19. The highest BCUT2D eigenvalue weighted by Crippen LogP contribution is 2.28. The molecule has 0 aliphatic heterocycles. The molecular formula is C31H38ClN3O6S. The first-order valence-corrected chi connectivity index (χ1v) is 15.5. The number of ether oxygens (including phenoxy) is 2. The molecule has 2 atom stereocenters. The molecule has 9 nitrogen and oxygen atoms in total. The molecule has 0 fully saturated rings. The van der Waals surface area contributed by atoms with E-state index < -0.39 is 28.5 Å². The number of halogens is 1. The zero-order chi connectivity index (χ0) is 30.9. The lowest BCUT2D eigenvalue weighted by Crippen LogP contribution is -2.53. The van der Waals surface area contributed by atoms with Crippen molar-refractivity contribution in [2.45, 2.75) is 57.1 Å². The summed E-state index contributed by atoms with van der Waals surface area (Å²) >= 11 is 6.24. The molecule has 1 N–H and O–H groups in total. The summed E-state index contributed by atoms with van der Waals surface area (Å²) < 4.78 is 39.4. The molecule has 0 unspecified atom stereocenters. The maximum atomic E-state index is 14.1. The van der Waals surface area contributed by atoms with Gasteiger partial charge in [0.25, 0.3) is 10.0 Å². The average Bonchev–Trinajstić information content (AvgIpc) is 2.99. The molecule has 0 aromatic heterocycles. The van der Waals surface area contributed by atoms with Gasteiger partial charge >= 0.3 is 0 Å². The van der Waals surface area contributed by atoms with Gasteiger partial charge in [0.05, 0.1) is 24.8 Å². The van der Waals surface area contributed by atoms with Crippen molar-refractivity contribution < 1.29 is 27.5 Å². The fourth-order valence-corrected chi connectivity index (χ4v) is 5.91. The average molecular weight is 616 g/mol. The first-order chi connectivity index (χ1) is 20.0. The normalized spacial score (nSPS) is 12.6. The lowest BCUT2D eigenvalue weighted by Gasteiger charge is -2.33. The Balaban J connectivity index is 2.06. The highest BCUT2D eigenvalue weighted by molar-refractivity contribution is 7.92. The van der Waals surface area contributed by atoms with Crippen LogP contribution in [0.25, 0.3) is 0 Å². The largest absolute Gasteiger partial charge is 0.497 e. The van der Waals surface area contributed by atoms with E-state index in [-0.39, 0.29) is 29.1 Å². The number of sulfonamides is 1. The van der Waals surface area contributed by atoms with Crippen molar-refractivity contribution in [3.8, 4) is 11.5 Å². The van der Waals surface area contributed by atoms with Gasteiger partial charge in [-0.05, 0) is 79.9 Å². The van der Waals surface area contributed by atoms with Crippen molar-refractivity contribution in [1.82, 2.24) is 10.2 Å². The smallest absolute Gasteiger partial charge is 0.264 e. The number of methoxy groups -OCH3 is 2. The number of amides is 2. The summed E-state index contributed by atoms with van der Waals surface area (Å²) in [5.41, 5.74) is 0.972. The summed E-state index contributed by atoms with van der Waals surface area (Å²) in [7, 11) is -1.18. The van der Waals surface area contributed by atoms with Gasteiger partial charge in [-0.2, -0.15) is 0 Å². The monoisotopic (exact) mass is 615 g/mol. The van der Waals surface area contributed by atoms with Gasteiger partial charge in [0.15, 0.2) is 0 Å². The van der Waals surface area contributed by atoms with Crippen LogP contribution in [0.5, 0.6) is 11.5 Å². The van der Waals surface area contributed by atoms with Crippen molar-refractivity contribution >= 4 is 39.1 Å². The van der Waals surface area contributed by atoms with Crippen LogP contribution in [-0.4, -0.2) is 58.0 Å². The Morgan fingerprint density at radius 2 is 1.50 bits per heavy atom. The first kappa shape index (κ1) is 32.8. The molecule has 11 heteroatoms. The Hall–Kier alpha value is -3.76. The molecule has 0 spiro atoms. The molecule has 0 saturated carbocycles. The van der Waals surface area contributed by atoms with E-state index in [1.807, 2.05) is 20.8 Å². The molecular weight excluding hydrogens is 578 g/mol. The second-order valence-corrected chi connectivity index (χ2v) is 12.1. The van der Waals surface area contributed by atoms with E-state index in [4.69, 9.17) is 21.1 Å². The van der Waals surface area contributed by atoms with Gasteiger partial charge in [-0.25, -0.2) is 8.42 Å². The van der Waals surface area contributed by atoms with Crippen LogP contribution in [-0.2, 0) is 26.2 Å².